The number of carbonyl (C=O) groups is 2. The number of rotatable bonds is 7. The van der Waals surface area contributed by atoms with E-state index in [2.05, 4.69) is 15.6 Å². The summed E-state index contributed by atoms with van der Waals surface area (Å²) in [5, 5.41) is 7.07. The molecule has 2 N–H and O–H groups in total. The van der Waals surface area contributed by atoms with Gasteiger partial charge in [-0.2, -0.15) is 0 Å². The molecule has 0 atom stereocenters. The van der Waals surface area contributed by atoms with Crippen LogP contribution in [0.4, 0.5) is 10.8 Å². The zero-order chi connectivity index (χ0) is 19.3. The maximum atomic E-state index is 12.5. The van der Waals surface area contributed by atoms with Crippen molar-refractivity contribution in [1.29, 1.82) is 0 Å². The second kappa shape index (κ2) is 8.39. The number of fused-ring (bicyclic) bond motifs is 1. The summed E-state index contributed by atoms with van der Waals surface area (Å²) < 4.78 is 0.970. The van der Waals surface area contributed by atoms with E-state index >= 15 is 0 Å². The SMILES string of the molecule is O=C(Nc1ccccc1)c1ccc2nc(NCCCN3CCCC3=O)sc2c1. The number of likely N-dealkylation sites (tertiary alicyclic amines) is 1. The lowest BCUT2D eigenvalue weighted by Crippen LogP contribution is -2.26. The van der Waals surface area contributed by atoms with Gasteiger partial charge in [-0.1, -0.05) is 29.5 Å². The lowest BCUT2D eigenvalue weighted by Gasteiger charge is -2.14. The molecule has 1 aromatic heterocycles. The first kappa shape index (κ1) is 18.4. The fraction of sp³-hybridized carbons (Fsp3) is 0.286. The van der Waals surface area contributed by atoms with Crippen LogP contribution >= 0.6 is 11.3 Å². The first-order chi connectivity index (χ1) is 13.7. The Morgan fingerprint density at radius 3 is 2.82 bits per heavy atom. The molecule has 0 aliphatic carbocycles. The van der Waals surface area contributed by atoms with Gasteiger partial charge in [0.15, 0.2) is 5.13 Å². The molecule has 28 heavy (non-hydrogen) atoms. The molecule has 4 rings (SSSR count). The van der Waals surface area contributed by atoms with Gasteiger partial charge < -0.3 is 15.5 Å². The number of aromatic nitrogens is 1. The highest BCUT2D eigenvalue weighted by Crippen LogP contribution is 2.27. The largest absolute Gasteiger partial charge is 0.361 e. The lowest BCUT2D eigenvalue weighted by atomic mass is 10.2. The molecule has 1 saturated heterocycles. The maximum Gasteiger partial charge on any atom is 0.255 e. The van der Waals surface area contributed by atoms with E-state index in [4.69, 9.17) is 0 Å². The van der Waals surface area contributed by atoms with E-state index in [1.54, 1.807) is 6.07 Å². The number of hydrogen-bond donors (Lipinski definition) is 2. The Hall–Kier alpha value is -2.93. The topological polar surface area (TPSA) is 74.3 Å². The fourth-order valence-corrected chi connectivity index (χ4v) is 4.20. The average molecular weight is 395 g/mol. The van der Waals surface area contributed by atoms with Crippen molar-refractivity contribution in [1.82, 2.24) is 9.88 Å². The van der Waals surface area contributed by atoms with Gasteiger partial charge in [0.2, 0.25) is 5.91 Å². The third kappa shape index (κ3) is 4.31. The molecule has 0 bridgehead atoms. The van der Waals surface area contributed by atoms with Crippen molar-refractivity contribution in [2.45, 2.75) is 19.3 Å². The Morgan fingerprint density at radius 2 is 2.04 bits per heavy atom. The third-order valence-electron chi connectivity index (χ3n) is 4.73. The van der Waals surface area contributed by atoms with Crippen LogP contribution in [0.3, 0.4) is 0 Å². The first-order valence-electron chi connectivity index (χ1n) is 9.48. The number of para-hydroxylation sites is 1. The quantitative estimate of drug-likeness (QED) is 0.595. The molecule has 0 saturated carbocycles. The van der Waals surface area contributed by atoms with Gasteiger partial charge in [0.1, 0.15) is 0 Å². The highest BCUT2D eigenvalue weighted by atomic mass is 32.1. The normalized spacial score (nSPS) is 13.9. The van der Waals surface area contributed by atoms with Gasteiger partial charge in [-0.3, -0.25) is 9.59 Å². The van der Waals surface area contributed by atoms with Crippen LogP contribution in [-0.2, 0) is 4.79 Å². The number of thiazole rings is 1. The summed E-state index contributed by atoms with van der Waals surface area (Å²) in [6, 6.07) is 15.0. The van der Waals surface area contributed by atoms with Crippen LogP contribution in [-0.4, -0.2) is 41.3 Å². The van der Waals surface area contributed by atoms with Crippen molar-refractivity contribution in [2.75, 3.05) is 30.3 Å². The van der Waals surface area contributed by atoms with E-state index < -0.39 is 0 Å². The summed E-state index contributed by atoms with van der Waals surface area (Å²) in [6.07, 6.45) is 2.56. The lowest BCUT2D eigenvalue weighted by molar-refractivity contribution is -0.127. The molecule has 1 fully saturated rings. The molecule has 1 aliphatic heterocycles. The van der Waals surface area contributed by atoms with Gasteiger partial charge in [-0.25, -0.2) is 4.98 Å². The fourth-order valence-electron chi connectivity index (χ4n) is 3.27. The van der Waals surface area contributed by atoms with Gasteiger partial charge >= 0.3 is 0 Å². The van der Waals surface area contributed by atoms with E-state index in [1.165, 1.54) is 11.3 Å². The van der Waals surface area contributed by atoms with Crippen molar-refractivity contribution < 1.29 is 9.59 Å². The number of carbonyl (C=O) groups excluding carboxylic acids is 2. The van der Waals surface area contributed by atoms with Crippen molar-refractivity contribution in [3.05, 3.63) is 54.1 Å². The van der Waals surface area contributed by atoms with E-state index in [0.717, 1.165) is 53.5 Å². The van der Waals surface area contributed by atoms with E-state index in [9.17, 15) is 9.59 Å². The Kier molecular flexibility index (Phi) is 5.53. The second-order valence-corrected chi connectivity index (χ2v) is 7.82. The van der Waals surface area contributed by atoms with Gasteiger partial charge in [0.05, 0.1) is 10.2 Å². The summed E-state index contributed by atoms with van der Waals surface area (Å²) >= 11 is 1.54. The minimum atomic E-state index is -0.133. The number of anilines is 2. The smallest absolute Gasteiger partial charge is 0.255 e. The molecule has 144 valence electrons. The molecule has 0 spiro atoms. The molecule has 2 amide bonds. The van der Waals surface area contributed by atoms with Crippen molar-refractivity contribution >= 4 is 44.2 Å². The van der Waals surface area contributed by atoms with Gasteiger partial charge in [-0.05, 0) is 43.2 Å². The Bertz CT molecular complexity index is 986. The van der Waals surface area contributed by atoms with E-state index in [1.807, 2.05) is 47.4 Å². The molecule has 0 unspecified atom stereocenters. The molecule has 7 heteroatoms. The predicted molar refractivity (Wildman–Crippen MR) is 113 cm³/mol. The predicted octanol–water partition coefficient (Wildman–Crippen LogP) is 3.97. The number of benzene rings is 2. The average Bonchev–Trinajstić information content (AvgIpc) is 3.30. The first-order valence-corrected chi connectivity index (χ1v) is 10.3. The highest BCUT2D eigenvalue weighted by molar-refractivity contribution is 7.22. The van der Waals surface area contributed by atoms with Crippen molar-refractivity contribution in [3.63, 3.8) is 0 Å². The number of hydrogen-bond acceptors (Lipinski definition) is 5. The molecule has 6 nitrogen and oxygen atoms in total. The van der Waals surface area contributed by atoms with Crippen LogP contribution in [0.5, 0.6) is 0 Å². The molecule has 2 aromatic carbocycles. The van der Waals surface area contributed by atoms with Crippen molar-refractivity contribution in [2.24, 2.45) is 0 Å². The number of amides is 2. The number of nitrogens with zero attached hydrogens (tertiary/aromatic N) is 2. The standard InChI is InChI=1S/C21H22N4O2S/c26-19-8-4-12-25(19)13-5-11-22-21-24-17-10-9-15(14-18(17)28-21)20(27)23-16-6-2-1-3-7-16/h1-3,6-7,9-10,14H,4-5,8,11-13H2,(H,22,24)(H,23,27). The minimum Gasteiger partial charge on any atom is -0.361 e. The van der Waals surface area contributed by atoms with Crippen LogP contribution in [0, 0.1) is 0 Å². The number of nitrogens with one attached hydrogen (secondary N) is 2. The van der Waals surface area contributed by atoms with Crippen LogP contribution in [0.2, 0.25) is 0 Å². The second-order valence-electron chi connectivity index (χ2n) is 6.79. The maximum absolute atomic E-state index is 12.5. The molecule has 3 aromatic rings. The van der Waals surface area contributed by atoms with Gasteiger partial charge in [0.25, 0.3) is 5.91 Å². The Labute approximate surface area is 167 Å². The minimum absolute atomic E-state index is 0.133. The summed E-state index contributed by atoms with van der Waals surface area (Å²) in [5.74, 6) is 0.132. The highest BCUT2D eigenvalue weighted by Gasteiger charge is 2.19. The zero-order valence-electron chi connectivity index (χ0n) is 15.5. The van der Waals surface area contributed by atoms with Crippen LogP contribution in [0.15, 0.2) is 48.5 Å². The molecular formula is C21H22N4O2S. The monoisotopic (exact) mass is 394 g/mol. The summed E-state index contributed by atoms with van der Waals surface area (Å²) in [7, 11) is 0. The molecule has 2 heterocycles. The summed E-state index contributed by atoms with van der Waals surface area (Å²) in [6.45, 7) is 2.44. The van der Waals surface area contributed by atoms with E-state index in [0.29, 0.717) is 12.0 Å². The molecular weight excluding hydrogens is 372 g/mol. The zero-order valence-corrected chi connectivity index (χ0v) is 16.3. The Morgan fingerprint density at radius 1 is 1.18 bits per heavy atom. The van der Waals surface area contributed by atoms with Gasteiger partial charge in [-0.15, -0.1) is 0 Å². The van der Waals surface area contributed by atoms with Gasteiger partial charge in [0, 0.05) is 37.3 Å². The van der Waals surface area contributed by atoms with E-state index in [-0.39, 0.29) is 11.8 Å². The van der Waals surface area contributed by atoms with Crippen molar-refractivity contribution in [3.8, 4) is 0 Å². The molecule has 1 aliphatic rings. The summed E-state index contributed by atoms with van der Waals surface area (Å²) in [5.41, 5.74) is 2.26. The van der Waals surface area contributed by atoms with Crippen LogP contribution in [0.25, 0.3) is 10.2 Å². The Balaban J connectivity index is 1.35. The summed E-state index contributed by atoms with van der Waals surface area (Å²) in [4.78, 5) is 30.6. The third-order valence-corrected chi connectivity index (χ3v) is 5.71. The van der Waals surface area contributed by atoms with Crippen LogP contribution < -0.4 is 10.6 Å². The molecule has 0 radical (unpaired) electrons. The van der Waals surface area contributed by atoms with Crippen LogP contribution in [0.1, 0.15) is 29.6 Å².